The van der Waals surface area contributed by atoms with Crippen molar-refractivity contribution in [3.8, 4) is 5.75 Å². The summed E-state index contributed by atoms with van der Waals surface area (Å²) in [5.74, 6) is 0.663. The van der Waals surface area contributed by atoms with E-state index >= 15 is 0 Å². The van der Waals surface area contributed by atoms with Crippen molar-refractivity contribution in [1.29, 1.82) is 0 Å². The standard InChI is InChI=1S/C13H16N4O3/c1-9-16-17-13(20-9)15-12(18)8-19-11-5-3-10(4-6-11)7-14-2/h3-6,14H,7-8H2,1-2H3,(H,15,17,18). The first-order chi connectivity index (χ1) is 9.67. The van der Waals surface area contributed by atoms with Crippen LogP contribution in [0.1, 0.15) is 11.5 Å². The summed E-state index contributed by atoms with van der Waals surface area (Å²) in [6.07, 6.45) is 0. The SMILES string of the molecule is CNCc1ccc(OCC(=O)Nc2nnc(C)o2)cc1. The molecule has 0 radical (unpaired) electrons. The summed E-state index contributed by atoms with van der Waals surface area (Å²) in [5, 5.41) is 12.8. The fourth-order valence-electron chi connectivity index (χ4n) is 1.56. The lowest BCUT2D eigenvalue weighted by atomic mass is 10.2. The molecule has 20 heavy (non-hydrogen) atoms. The van der Waals surface area contributed by atoms with Crippen LogP contribution in [0.3, 0.4) is 0 Å². The number of nitrogens with zero attached hydrogens (tertiary/aromatic N) is 2. The second kappa shape index (κ2) is 6.67. The Morgan fingerprint density at radius 3 is 2.65 bits per heavy atom. The summed E-state index contributed by atoms with van der Waals surface area (Å²) >= 11 is 0. The highest BCUT2D eigenvalue weighted by Crippen LogP contribution is 2.12. The van der Waals surface area contributed by atoms with Gasteiger partial charge >= 0.3 is 6.01 Å². The van der Waals surface area contributed by atoms with E-state index < -0.39 is 0 Å². The third-order valence-electron chi connectivity index (χ3n) is 2.45. The molecule has 0 bridgehead atoms. The zero-order valence-corrected chi connectivity index (χ0v) is 11.3. The van der Waals surface area contributed by atoms with Gasteiger partial charge in [0.25, 0.3) is 5.91 Å². The van der Waals surface area contributed by atoms with Crippen molar-refractivity contribution in [2.24, 2.45) is 0 Å². The highest BCUT2D eigenvalue weighted by molar-refractivity contribution is 5.89. The van der Waals surface area contributed by atoms with Gasteiger partial charge in [0.15, 0.2) is 6.61 Å². The summed E-state index contributed by atoms with van der Waals surface area (Å²) in [6.45, 7) is 2.32. The molecule has 2 aromatic rings. The van der Waals surface area contributed by atoms with Gasteiger partial charge in [-0.3, -0.25) is 10.1 Å². The minimum absolute atomic E-state index is 0.0699. The lowest BCUT2D eigenvalue weighted by Crippen LogP contribution is -2.20. The molecule has 1 aromatic heterocycles. The number of anilines is 1. The molecule has 1 amide bonds. The predicted octanol–water partition coefficient (Wildman–Crippen LogP) is 1.11. The molecular weight excluding hydrogens is 260 g/mol. The van der Waals surface area contributed by atoms with Gasteiger partial charge in [-0.05, 0) is 24.7 Å². The normalized spacial score (nSPS) is 10.3. The molecular formula is C13H16N4O3. The first-order valence-corrected chi connectivity index (χ1v) is 6.13. The molecule has 7 nitrogen and oxygen atoms in total. The van der Waals surface area contributed by atoms with Crippen LogP contribution in [0.15, 0.2) is 28.7 Å². The number of carbonyl (C=O) groups is 1. The van der Waals surface area contributed by atoms with Crippen LogP contribution in [-0.4, -0.2) is 29.8 Å². The molecule has 7 heteroatoms. The Morgan fingerprint density at radius 1 is 1.30 bits per heavy atom. The van der Waals surface area contributed by atoms with Gasteiger partial charge in [-0.15, -0.1) is 5.10 Å². The smallest absolute Gasteiger partial charge is 0.322 e. The van der Waals surface area contributed by atoms with E-state index in [9.17, 15) is 4.79 Å². The van der Waals surface area contributed by atoms with E-state index in [0.29, 0.717) is 11.6 Å². The van der Waals surface area contributed by atoms with Crippen LogP contribution in [-0.2, 0) is 11.3 Å². The van der Waals surface area contributed by atoms with Crippen LogP contribution < -0.4 is 15.4 Å². The first kappa shape index (κ1) is 14.0. The first-order valence-electron chi connectivity index (χ1n) is 6.13. The minimum Gasteiger partial charge on any atom is -0.484 e. The minimum atomic E-state index is -0.354. The van der Waals surface area contributed by atoms with Gasteiger partial charge in [0, 0.05) is 13.5 Å². The van der Waals surface area contributed by atoms with E-state index in [1.54, 1.807) is 6.92 Å². The van der Waals surface area contributed by atoms with Gasteiger partial charge in [0.1, 0.15) is 5.75 Å². The van der Waals surface area contributed by atoms with Crippen LogP contribution in [0.25, 0.3) is 0 Å². The summed E-state index contributed by atoms with van der Waals surface area (Å²) < 4.78 is 10.4. The molecule has 0 saturated heterocycles. The Hall–Kier alpha value is -2.41. The van der Waals surface area contributed by atoms with E-state index in [4.69, 9.17) is 9.15 Å². The van der Waals surface area contributed by atoms with Crippen LogP contribution in [0, 0.1) is 6.92 Å². The highest BCUT2D eigenvalue weighted by atomic mass is 16.5. The third kappa shape index (κ3) is 4.06. The van der Waals surface area contributed by atoms with E-state index in [1.165, 1.54) is 0 Å². The molecule has 106 valence electrons. The maximum Gasteiger partial charge on any atom is 0.322 e. The Balaban J connectivity index is 1.80. The third-order valence-corrected chi connectivity index (χ3v) is 2.45. The quantitative estimate of drug-likeness (QED) is 0.821. The van der Waals surface area contributed by atoms with E-state index in [0.717, 1.165) is 12.1 Å². The maximum atomic E-state index is 11.6. The molecule has 1 heterocycles. The number of amides is 1. The number of hydrogen-bond donors (Lipinski definition) is 2. The van der Waals surface area contributed by atoms with Crippen LogP contribution in [0.4, 0.5) is 6.01 Å². The van der Waals surface area contributed by atoms with Crippen molar-refractivity contribution >= 4 is 11.9 Å². The lowest BCUT2D eigenvalue weighted by Gasteiger charge is -2.06. The van der Waals surface area contributed by atoms with Crippen molar-refractivity contribution in [3.63, 3.8) is 0 Å². The number of nitrogens with one attached hydrogen (secondary N) is 2. The summed E-state index contributed by atoms with van der Waals surface area (Å²) in [4.78, 5) is 11.6. The molecule has 0 atom stereocenters. The fraction of sp³-hybridized carbons (Fsp3) is 0.308. The topological polar surface area (TPSA) is 89.3 Å². The molecule has 2 rings (SSSR count). The lowest BCUT2D eigenvalue weighted by molar-refractivity contribution is -0.118. The number of aromatic nitrogens is 2. The summed E-state index contributed by atoms with van der Waals surface area (Å²) in [5.41, 5.74) is 1.14. The Labute approximate surface area is 116 Å². The average molecular weight is 276 g/mol. The van der Waals surface area contributed by atoms with Gasteiger partial charge in [-0.2, -0.15) is 0 Å². The van der Waals surface area contributed by atoms with Crippen molar-refractivity contribution in [2.45, 2.75) is 13.5 Å². The number of benzene rings is 1. The Morgan fingerprint density at radius 2 is 2.05 bits per heavy atom. The van der Waals surface area contributed by atoms with E-state index in [1.807, 2.05) is 31.3 Å². The number of ether oxygens (including phenoxy) is 1. The molecule has 2 N–H and O–H groups in total. The highest BCUT2D eigenvalue weighted by Gasteiger charge is 2.08. The van der Waals surface area contributed by atoms with Crippen LogP contribution in [0.2, 0.25) is 0 Å². The molecule has 0 aliphatic heterocycles. The largest absolute Gasteiger partial charge is 0.484 e. The Kier molecular flexibility index (Phi) is 4.67. The number of carbonyl (C=O) groups excluding carboxylic acids is 1. The fourth-order valence-corrected chi connectivity index (χ4v) is 1.56. The summed E-state index contributed by atoms with van der Waals surface area (Å²) in [7, 11) is 1.88. The molecule has 1 aromatic carbocycles. The summed E-state index contributed by atoms with van der Waals surface area (Å²) in [6, 6.07) is 7.57. The zero-order valence-electron chi connectivity index (χ0n) is 11.3. The predicted molar refractivity (Wildman–Crippen MR) is 72.4 cm³/mol. The molecule has 0 fully saturated rings. The Bertz CT molecular complexity index is 565. The molecule has 0 spiro atoms. The van der Waals surface area contributed by atoms with Crippen LogP contribution >= 0.6 is 0 Å². The number of aryl methyl sites for hydroxylation is 1. The van der Waals surface area contributed by atoms with E-state index in [2.05, 4.69) is 20.8 Å². The van der Waals surface area contributed by atoms with Gasteiger partial charge in [-0.25, -0.2) is 0 Å². The number of rotatable bonds is 6. The van der Waals surface area contributed by atoms with Crippen molar-refractivity contribution in [2.75, 3.05) is 19.0 Å². The van der Waals surface area contributed by atoms with E-state index in [-0.39, 0.29) is 18.5 Å². The van der Waals surface area contributed by atoms with Crippen molar-refractivity contribution in [3.05, 3.63) is 35.7 Å². The second-order valence-corrected chi connectivity index (χ2v) is 4.14. The van der Waals surface area contributed by atoms with Crippen molar-refractivity contribution < 1.29 is 13.9 Å². The second-order valence-electron chi connectivity index (χ2n) is 4.14. The average Bonchev–Trinajstić information content (AvgIpc) is 2.84. The van der Waals surface area contributed by atoms with Gasteiger partial charge in [0.05, 0.1) is 0 Å². The molecule has 0 aliphatic carbocycles. The molecule has 0 unspecified atom stereocenters. The van der Waals surface area contributed by atoms with Crippen molar-refractivity contribution in [1.82, 2.24) is 15.5 Å². The number of hydrogen-bond acceptors (Lipinski definition) is 6. The molecule has 0 aliphatic rings. The molecule has 0 saturated carbocycles. The van der Waals surface area contributed by atoms with Gasteiger partial charge in [0.2, 0.25) is 5.89 Å². The van der Waals surface area contributed by atoms with Crippen LogP contribution in [0.5, 0.6) is 5.75 Å². The van der Waals surface area contributed by atoms with Gasteiger partial charge < -0.3 is 14.5 Å². The van der Waals surface area contributed by atoms with Gasteiger partial charge in [-0.1, -0.05) is 17.2 Å². The zero-order chi connectivity index (χ0) is 14.4. The maximum absolute atomic E-state index is 11.6. The monoisotopic (exact) mass is 276 g/mol.